The van der Waals surface area contributed by atoms with Crippen LogP contribution in [0, 0.1) is 0 Å². The molecule has 0 unspecified atom stereocenters. The van der Waals surface area contributed by atoms with Crippen molar-refractivity contribution in [2.75, 3.05) is 13.2 Å². The van der Waals surface area contributed by atoms with Crippen molar-refractivity contribution in [3.63, 3.8) is 0 Å². The highest BCUT2D eigenvalue weighted by Crippen LogP contribution is 1.95. The molecule has 14 heavy (non-hydrogen) atoms. The van der Waals surface area contributed by atoms with Gasteiger partial charge in [0.25, 0.3) is 0 Å². The Morgan fingerprint density at radius 2 is 2.14 bits per heavy atom. The Balaban J connectivity index is 3.37. The zero-order valence-electron chi connectivity index (χ0n) is 8.02. The number of aliphatic carboxylic acids is 1. The predicted molar refractivity (Wildman–Crippen MR) is 47.9 cm³/mol. The van der Waals surface area contributed by atoms with Crippen LogP contribution < -0.4 is 5.32 Å². The first-order valence-corrected chi connectivity index (χ1v) is 4.39. The van der Waals surface area contributed by atoms with Gasteiger partial charge in [-0.25, -0.2) is 9.59 Å². The summed E-state index contributed by atoms with van der Waals surface area (Å²) < 4.78 is 4.57. The molecule has 0 heterocycles. The van der Waals surface area contributed by atoms with Crippen molar-refractivity contribution >= 4 is 12.1 Å². The van der Waals surface area contributed by atoms with Gasteiger partial charge < -0.3 is 20.3 Å². The largest absolute Gasteiger partial charge is 0.479 e. The molecule has 3 N–H and O–H groups in total. The van der Waals surface area contributed by atoms with Gasteiger partial charge in [-0.1, -0.05) is 0 Å². The van der Waals surface area contributed by atoms with E-state index in [0.717, 1.165) is 0 Å². The summed E-state index contributed by atoms with van der Waals surface area (Å²) in [7, 11) is 0. The van der Waals surface area contributed by atoms with Crippen LogP contribution in [0.4, 0.5) is 4.79 Å². The Morgan fingerprint density at radius 3 is 2.64 bits per heavy atom. The molecule has 0 aromatic carbocycles. The molecule has 0 aromatic heterocycles. The molecular weight excluding hydrogens is 190 g/mol. The Morgan fingerprint density at radius 1 is 1.50 bits per heavy atom. The number of carbonyl (C=O) groups excluding carboxylic acids is 1. The standard InChI is InChI=1S/C8H15NO5/c1-2-14-8(13)9-5-3-4-6(10)7(11)12/h6,10H,2-5H2,1H3,(H,9,13)(H,11,12)/t6-/m1/s1. The molecule has 0 aromatic rings. The predicted octanol–water partition coefficient (Wildman–Crippen LogP) is -0.0418. The van der Waals surface area contributed by atoms with Gasteiger partial charge in [0, 0.05) is 6.54 Å². The van der Waals surface area contributed by atoms with Crippen molar-refractivity contribution in [2.45, 2.75) is 25.9 Å². The first-order valence-electron chi connectivity index (χ1n) is 4.39. The zero-order chi connectivity index (χ0) is 11.0. The molecule has 6 nitrogen and oxygen atoms in total. The SMILES string of the molecule is CCOC(=O)NCCC[C@@H](O)C(=O)O. The molecule has 0 saturated carbocycles. The monoisotopic (exact) mass is 205 g/mol. The molecule has 0 saturated heterocycles. The molecule has 82 valence electrons. The van der Waals surface area contributed by atoms with E-state index in [1.807, 2.05) is 0 Å². The van der Waals surface area contributed by atoms with Crippen LogP contribution >= 0.6 is 0 Å². The molecule has 6 heteroatoms. The van der Waals surface area contributed by atoms with Crippen LogP contribution in [-0.2, 0) is 9.53 Å². The number of nitrogens with one attached hydrogen (secondary N) is 1. The van der Waals surface area contributed by atoms with E-state index in [9.17, 15) is 9.59 Å². The van der Waals surface area contributed by atoms with Crippen molar-refractivity contribution in [1.29, 1.82) is 0 Å². The number of aliphatic hydroxyl groups is 1. The van der Waals surface area contributed by atoms with Gasteiger partial charge in [-0.3, -0.25) is 0 Å². The van der Waals surface area contributed by atoms with Crippen LogP contribution in [0.5, 0.6) is 0 Å². The lowest BCUT2D eigenvalue weighted by Gasteiger charge is -2.06. The maximum Gasteiger partial charge on any atom is 0.407 e. The van der Waals surface area contributed by atoms with Crippen LogP contribution in [0.1, 0.15) is 19.8 Å². The van der Waals surface area contributed by atoms with Crippen molar-refractivity contribution in [3.8, 4) is 0 Å². The minimum atomic E-state index is -1.36. The van der Waals surface area contributed by atoms with Gasteiger partial charge in [0.15, 0.2) is 6.10 Å². The van der Waals surface area contributed by atoms with Crippen LogP contribution in [0.2, 0.25) is 0 Å². The smallest absolute Gasteiger partial charge is 0.407 e. The minimum absolute atomic E-state index is 0.113. The number of carboxylic acids is 1. The van der Waals surface area contributed by atoms with E-state index in [1.165, 1.54) is 0 Å². The van der Waals surface area contributed by atoms with E-state index >= 15 is 0 Å². The van der Waals surface area contributed by atoms with E-state index in [-0.39, 0.29) is 6.42 Å². The molecule has 0 rings (SSSR count). The average molecular weight is 205 g/mol. The van der Waals surface area contributed by atoms with Crippen molar-refractivity contribution in [1.82, 2.24) is 5.32 Å². The van der Waals surface area contributed by atoms with Crippen LogP contribution in [0.3, 0.4) is 0 Å². The summed E-state index contributed by atoms with van der Waals surface area (Å²) in [4.78, 5) is 20.9. The number of carboxylic acid groups (broad SMARTS) is 1. The highest BCUT2D eigenvalue weighted by atomic mass is 16.5. The number of amides is 1. The number of ether oxygens (including phenoxy) is 1. The summed E-state index contributed by atoms with van der Waals surface area (Å²) in [6.45, 7) is 2.28. The molecule has 0 bridgehead atoms. The van der Waals surface area contributed by atoms with Crippen LogP contribution in [0.25, 0.3) is 0 Å². The maximum absolute atomic E-state index is 10.7. The lowest BCUT2D eigenvalue weighted by Crippen LogP contribution is -2.27. The van der Waals surface area contributed by atoms with E-state index in [1.54, 1.807) is 6.92 Å². The molecule has 1 atom stereocenters. The quantitative estimate of drug-likeness (QED) is 0.529. The summed E-state index contributed by atoms with van der Waals surface area (Å²) in [5.41, 5.74) is 0. The van der Waals surface area contributed by atoms with Gasteiger partial charge in [0.1, 0.15) is 0 Å². The van der Waals surface area contributed by atoms with Crippen molar-refractivity contribution < 1.29 is 24.5 Å². The number of carbonyl (C=O) groups is 2. The third-order valence-corrected chi connectivity index (χ3v) is 1.48. The van der Waals surface area contributed by atoms with E-state index in [4.69, 9.17) is 10.2 Å². The highest BCUT2D eigenvalue weighted by Gasteiger charge is 2.11. The third kappa shape index (κ3) is 6.24. The summed E-state index contributed by atoms with van der Waals surface area (Å²) in [5.74, 6) is -1.25. The first-order chi connectivity index (χ1) is 6.57. The molecule has 0 aliphatic carbocycles. The molecule has 0 aliphatic rings. The van der Waals surface area contributed by atoms with Gasteiger partial charge in [-0.2, -0.15) is 0 Å². The van der Waals surface area contributed by atoms with Gasteiger partial charge in [0.05, 0.1) is 6.61 Å². The minimum Gasteiger partial charge on any atom is -0.479 e. The maximum atomic E-state index is 10.7. The number of hydrogen-bond donors (Lipinski definition) is 3. The Bertz CT molecular complexity index is 194. The fourth-order valence-corrected chi connectivity index (χ4v) is 0.791. The van der Waals surface area contributed by atoms with E-state index < -0.39 is 18.2 Å². The topological polar surface area (TPSA) is 95.9 Å². The zero-order valence-corrected chi connectivity index (χ0v) is 8.02. The number of rotatable bonds is 6. The molecule has 1 amide bonds. The van der Waals surface area contributed by atoms with Gasteiger partial charge in [0.2, 0.25) is 0 Å². The van der Waals surface area contributed by atoms with Crippen LogP contribution in [-0.4, -0.2) is 41.5 Å². The van der Waals surface area contributed by atoms with Crippen molar-refractivity contribution in [2.24, 2.45) is 0 Å². The van der Waals surface area contributed by atoms with Crippen molar-refractivity contribution in [3.05, 3.63) is 0 Å². The van der Waals surface area contributed by atoms with E-state index in [0.29, 0.717) is 19.6 Å². The number of aliphatic hydroxyl groups excluding tert-OH is 1. The molecule has 0 radical (unpaired) electrons. The van der Waals surface area contributed by atoms with Gasteiger partial charge >= 0.3 is 12.1 Å². The molecule has 0 fully saturated rings. The third-order valence-electron chi connectivity index (χ3n) is 1.48. The second-order valence-corrected chi connectivity index (χ2v) is 2.64. The van der Waals surface area contributed by atoms with E-state index in [2.05, 4.69) is 10.1 Å². The summed E-state index contributed by atoms with van der Waals surface area (Å²) in [5, 5.41) is 19.6. The fraction of sp³-hybridized carbons (Fsp3) is 0.750. The molecule has 0 aliphatic heterocycles. The fourth-order valence-electron chi connectivity index (χ4n) is 0.791. The number of alkyl carbamates (subject to hydrolysis) is 1. The summed E-state index contributed by atoms with van der Waals surface area (Å²) >= 11 is 0. The molecule has 0 spiro atoms. The highest BCUT2D eigenvalue weighted by molar-refractivity contribution is 5.71. The molecular formula is C8H15NO5. The summed E-state index contributed by atoms with van der Waals surface area (Å²) in [6, 6.07) is 0. The second kappa shape index (κ2) is 7.14. The lowest BCUT2D eigenvalue weighted by atomic mass is 10.2. The second-order valence-electron chi connectivity index (χ2n) is 2.64. The first kappa shape index (κ1) is 12.7. The van der Waals surface area contributed by atoms with Crippen LogP contribution in [0.15, 0.2) is 0 Å². The average Bonchev–Trinajstić information content (AvgIpc) is 2.12. The lowest BCUT2D eigenvalue weighted by molar-refractivity contribution is -0.146. The Hall–Kier alpha value is -1.30. The normalized spacial score (nSPS) is 11.9. The Kier molecular flexibility index (Phi) is 6.47. The van der Waals surface area contributed by atoms with Gasteiger partial charge in [-0.05, 0) is 19.8 Å². The number of hydrogen-bond acceptors (Lipinski definition) is 4. The summed E-state index contributed by atoms with van der Waals surface area (Å²) in [6.07, 6.45) is -1.38. The Labute approximate surface area is 81.9 Å². The van der Waals surface area contributed by atoms with Gasteiger partial charge in [-0.15, -0.1) is 0 Å².